The molecule has 2 unspecified atom stereocenters. The summed E-state index contributed by atoms with van der Waals surface area (Å²) >= 11 is 0. The molecule has 1 aliphatic rings. The van der Waals surface area contributed by atoms with Crippen LogP contribution in [0.4, 0.5) is 0 Å². The molecule has 3 rings (SSSR count). The van der Waals surface area contributed by atoms with Gasteiger partial charge in [0.05, 0.1) is 13.2 Å². The largest absolute Gasteiger partial charge is 0.496 e. The number of para-hydroxylation sites is 1. The van der Waals surface area contributed by atoms with Crippen molar-refractivity contribution in [1.82, 2.24) is 20.4 Å². The van der Waals surface area contributed by atoms with Crippen LogP contribution in [0.3, 0.4) is 0 Å². The van der Waals surface area contributed by atoms with Crippen LogP contribution in [-0.4, -0.2) is 48.8 Å². The number of nitrogens with one attached hydrogen (secondary N) is 1. The van der Waals surface area contributed by atoms with Crippen LogP contribution in [0.5, 0.6) is 5.75 Å². The standard InChI is InChI=1S/C17H24N4O2/c1-12(13-6-4-5-7-15(13)22-3)10-16-19-17(20-23-16)14-11-18-8-9-21(14)2/h4-7,12,14,18H,8-11H2,1-3H3. The van der Waals surface area contributed by atoms with Gasteiger partial charge in [0.25, 0.3) is 0 Å². The van der Waals surface area contributed by atoms with E-state index >= 15 is 0 Å². The van der Waals surface area contributed by atoms with Crippen molar-refractivity contribution in [1.29, 1.82) is 0 Å². The third-order valence-corrected chi connectivity index (χ3v) is 4.44. The Bertz CT molecular complexity index is 643. The second-order valence-electron chi connectivity index (χ2n) is 6.09. The maximum Gasteiger partial charge on any atom is 0.227 e. The maximum atomic E-state index is 5.48. The smallest absolute Gasteiger partial charge is 0.227 e. The summed E-state index contributed by atoms with van der Waals surface area (Å²) in [6, 6.07) is 8.25. The zero-order valence-electron chi connectivity index (χ0n) is 14.0. The van der Waals surface area contributed by atoms with E-state index in [9.17, 15) is 0 Å². The van der Waals surface area contributed by atoms with Gasteiger partial charge in [0.2, 0.25) is 5.89 Å². The zero-order valence-corrected chi connectivity index (χ0v) is 14.0. The summed E-state index contributed by atoms with van der Waals surface area (Å²) in [5, 5.41) is 7.56. The summed E-state index contributed by atoms with van der Waals surface area (Å²) in [7, 11) is 3.79. The number of aromatic nitrogens is 2. The Morgan fingerprint density at radius 2 is 2.26 bits per heavy atom. The number of piperazine rings is 1. The molecule has 1 aromatic carbocycles. The molecule has 0 aliphatic carbocycles. The summed E-state index contributed by atoms with van der Waals surface area (Å²) in [6.07, 6.45) is 0.706. The van der Waals surface area contributed by atoms with E-state index in [1.807, 2.05) is 18.2 Å². The molecule has 6 nitrogen and oxygen atoms in total. The van der Waals surface area contributed by atoms with Gasteiger partial charge in [0.15, 0.2) is 5.82 Å². The van der Waals surface area contributed by atoms with Crippen LogP contribution in [0.25, 0.3) is 0 Å². The molecule has 0 spiro atoms. The molecular weight excluding hydrogens is 292 g/mol. The van der Waals surface area contributed by atoms with E-state index in [0.717, 1.165) is 36.8 Å². The van der Waals surface area contributed by atoms with Crippen molar-refractivity contribution in [3.8, 4) is 5.75 Å². The molecule has 0 bridgehead atoms. The average Bonchev–Trinajstić information content (AvgIpc) is 3.03. The molecule has 23 heavy (non-hydrogen) atoms. The fourth-order valence-electron chi connectivity index (χ4n) is 3.03. The number of rotatable bonds is 5. The van der Waals surface area contributed by atoms with Gasteiger partial charge in [-0.2, -0.15) is 4.98 Å². The number of methoxy groups -OCH3 is 1. The predicted octanol–water partition coefficient (Wildman–Crippen LogP) is 2.00. The van der Waals surface area contributed by atoms with Crippen molar-refractivity contribution in [2.75, 3.05) is 33.8 Å². The number of nitrogens with zero attached hydrogens (tertiary/aromatic N) is 3. The summed E-state index contributed by atoms with van der Waals surface area (Å²) in [6.45, 7) is 5.00. The molecule has 2 atom stereocenters. The fourth-order valence-corrected chi connectivity index (χ4v) is 3.03. The maximum absolute atomic E-state index is 5.48. The van der Waals surface area contributed by atoms with Crippen LogP contribution in [0.2, 0.25) is 0 Å². The number of ether oxygens (including phenoxy) is 1. The Labute approximate surface area is 136 Å². The van der Waals surface area contributed by atoms with Crippen LogP contribution < -0.4 is 10.1 Å². The van der Waals surface area contributed by atoms with Crippen molar-refractivity contribution in [2.24, 2.45) is 0 Å². The van der Waals surface area contributed by atoms with E-state index in [4.69, 9.17) is 9.26 Å². The Kier molecular flexibility index (Phi) is 4.93. The van der Waals surface area contributed by atoms with E-state index in [1.54, 1.807) is 7.11 Å². The normalized spacial score (nSPS) is 20.4. The molecule has 124 valence electrons. The minimum atomic E-state index is 0.183. The Balaban J connectivity index is 1.71. The van der Waals surface area contributed by atoms with Crippen LogP contribution in [0.1, 0.15) is 36.2 Å². The third-order valence-electron chi connectivity index (χ3n) is 4.44. The first-order chi connectivity index (χ1) is 11.2. The van der Waals surface area contributed by atoms with Crippen LogP contribution in [0, 0.1) is 0 Å². The third kappa shape index (κ3) is 3.54. The predicted molar refractivity (Wildman–Crippen MR) is 87.7 cm³/mol. The van der Waals surface area contributed by atoms with E-state index in [-0.39, 0.29) is 12.0 Å². The first-order valence-electron chi connectivity index (χ1n) is 8.05. The van der Waals surface area contributed by atoms with Crippen LogP contribution >= 0.6 is 0 Å². The van der Waals surface area contributed by atoms with E-state index in [0.29, 0.717) is 12.3 Å². The molecule has 0 saturated carbocycles. The van der Waals surface area contributed by atoms with Crippen molar-refractivity contribution in [3.63, 3.8) is 0 Å². The molecule has 1 N–H and O–H groups in total. The molecule has 1 saturated heterocycles. The molecule has 1 fully saturated rings. The molecule has 6 heteroatoms. The van der Waals surface area contributed by atoms with Gasteiger partial charge in [-0.05, 0) is 24.6 Å². The van der Waals surface area contributed by atoms with Gasteiger partial charge in [0, 0.05) is 26.1 Å². The highest BCUT2D eigenvalue weighted by Crippen LogP contribution is 2.28. The van der Waals surface area contributed by atoms with Gasteiger partial charge in [0.1, 0.15) is 5.75 Å². The highest BCUT2D eigenvalue weighted by Gasteiger charge is 2.25. The minimum absolute atomic E-state index is 0.183. The lowest BCUT2D eigenvalue weighted by molar-refractivity contribution is 0.190. The SMILES string of the molecule is COc1ccccc1C(C)Cc1nc(C2CNCCN2C)no1. The molecule has 2 aromatic rings. The van der Waals surface area contributed by atoms with Gasteiger partial charge < -0.3 is 14.6 Å². The van der Waals surface area contributed by atoms with Crippen LogP contribution in [-0.2, 0) is 6.42 Å². The fraction of sp³-hybridized carbons (Fsp3) is 0.529. The van der Waals surface area contributed by atoms with Gasteiger partial charge in [-0.1, -0.05) is 30.3 Å². The monoisotopic (exact) mass is 316 g/mol. The number of hydrogen-bond donors (Lipinski definition) is 1. The molecule has 0 amide bonds. The summed E-state index contributed by atoms with van der Waals surface area (Å²) in [5.41, 5.74) is 1.16. The van der Waals surface area contributed by atoms with Crippen molar-refractivity contribution >= 4 is 0 Å². The first-order valence-corrected chi connectivity index (χ1v) is 8.05. The van der Waals surface area contributed by atoms with Crippen molar-refractivity contribution in [2.45, 2.75) is 25.3 Å². The first kappa shape index (κ1) is 16.0. The van der Waals surface area contributed by atoms with E-state index in [1.165, 1.54) is 0 Å². The van der Waals surface area contributed by atoms with Crippen molar-refractivity contribution < 1.29 is 9.26 Å². The molecule has 1 aliphatic heterocycles. The van der Waals surface area contributed by atoms with Gasteiger partial charge in [-0.3, -0.25) is 4.90 Å². The number of benzene rings is 1. The molecular formula is C17H24N4O2. The van der Waals surface area contributed by atoms with E-state index in [2.05, 4.69) is 40.4 Å². The Morgan fingerprint density at radius 1 is 1.43 bits per heavy atom. The minimum Gasteiger partial charge on any atom is -0.496 e. The average molecular weight is 316 g/mol. The Hall–Kier alpha value is -1.92. The quantitative estimate of drug-likeness (QED) is 0.910. The highest BCUT2D eigenvalue weighted by molar-refractivity contribution is 5.36. The Morgan fingerprint density at radius 3 is 3.04 bits per heavy atom. The second kappa shape index (κ2) is 7.10. The second-order valence-corrected chi connectivity index (χ2v) is 6.09. The van der Waals surface area contributed by atoms with Gasteiger partial charge >= 0.3 is 0 Å². The molecule has 2 heterocycles. The summed E-state index contributed by atoms with van der Waals surface area (Å²) < 4.78 is 10.9. The summed E-state index contributed by atoms with van der Waals surface area (Å²) in [5.74, 6) is 2.59. The molecule has 1 aromatic heterocycles. The number of hydrogen-bond acceptors (Lipinski definition) is 6. The van der Waals surface area contributed by atoms with Crippen LogP contribution in [0.15, 0.2) is 28.8 Å². The molecule has 0 radical (unpaired) electrons. The lowest BCUT2D eigenvalue weighted by Crippen LogP contribution is -2.44. The number of likely N-dealkylation sites (N-methyl/N-ethyl adjacent to an activating group) is 1. The lowest BCUT2D eigenvalue weighted by atomic mass is 9.97. The van der Waals surface area contributed by atoms with Gasteiger partial charge in [-0.15, -0.1) is 0 Å². The van der Waals surface area contributed by atoms with Gasteiger partial charge in [-0.25, -0.2) is 0 Å². The lowest BCUT2D eigenvalue weighted by Gasteiger charge is -2.30. The summed E-state index contributed by atoms with van der Waals surface area (Å²) in [4.78, 5) is 6.86. The topological polar surface area (TPSA) is 63.4 Å². The zero-order chi connectivity index (χ0) is 16.2. The highest BCUT2D eigenvalue weighted by atomic mass is 16.5. The van der Waals surface area contributed by atoms with Crippen molar-refractivity contribution in [3.05, 3.63) is 41.5 Å². The van der Waals surface area contributed by atoms with E-state index < -0.39 is 0 Å².